The highest BCUT2D eigenvalue weighted by Gasteiger charge is 2.29. The molecule has 44 heavy (non-hydrogen) atoms. The Labute approximate surface area is 249 Å². The van der Waals surface area contributed by atoms with Crippen LogP contribution in [0.25, 0.3) is 16.8 Å². The normalized spacial score (nSPS) is 12.6. The fraction of sp³-hybridized carbons (Fsp3) is 0.167. The average molecular weight is 628 g/mol. The third kappa shape index (κ3) is 7.32. The van der Waals surface area contributed by atoms with Crippen molar-refractivity contribution in [3.8, 4) is 16.9 Å². The number of carbonyl (C=O) groups is 1. The summed E-state index contributed by atoms with van der Waals surface area (Å²) < 4.78 is 81.8. The Hall–Kier alpha value is -4.98. The third-order valence-electron chi connectivity index (χ3n) is 6.60. The van der Waals surface area contributed by atoms with Crippen molar-refractivity contribution in [1.82, 2.24) is 14.6 Å². The van der Waals surface area contributed by atoms with Gasteiger partial charge in [0.05, 0.1) is 16.5 Å². The van der Waals surface area contributed by atoms with Gasteiger partial charge in [0.25, 0.3) is 0 Å². The van der Waals surface area contributed by atoms with E-state index in [0.29, 0.717) is 16.9 Å². The minimum Gasteiger partial charge on any atom is -0.482 e. The van der Waals surface area contributed by atoms with Crippen molar-refractivity contribution in [3.63, 3.8) is 0 Å². The van der Waals surface area contributed by atoms with Gasteiger partial charge in [-0.3, -0.25) is 4.79 Å². The Morgan fingerprint density at radius 3 is 2.32 bits per heavy atom. The zero-order valence-electron chi connectivity index (χ0n) is 23.3. The Bertz CT molecular complexity index is 1930. The van der Waals surface area contributed by atoms with Crippen LogP contribution in [0.5, 0.6) is 5.75 Å². The molecular weight excluding hydrogens is 602 g/mol. The van der Waals surface area contributed by atoms with Crippen molar-refractivity contribution in [2.45, 2.75) is 23.9 Å². The summed E-state index contributed by atoms with van der Waals surface area (Å²) in [5.74, 6) is -1.40. The molecule has 228 valence electrons. The monoisotopic (exact) mass is 627 g/mol. The molecule has 0 fully saturated rings. The van der Waals surface area contributed by atoms with E-state index in [-0.39, 0.29) is 34.0 Å². The van der Waals surface area contributed by atoms with Crippen LogP contribution in [0, 0.1) is 5.82 Å². The maximum atomic E-state index is 13.2. The van der Waals surface area contributed by atoms with Gasteiger partial charge < -0.3 is 15.4 Å². The summed E-state index contributed by atoms with van der Waals surface area (Å²) in [5.41, 5.74) is 3.31. The van der Waals surface area contributed by atoms with E-state index in [2.05, 4.69) is 20.7 Å². The number of aromatic nitrogens is 3. The lowest BCUT2D eigenvalue weighted by Crippen LogP contribution is -2.19. The van der Waals surface area contributed by atoms with Crippen LogP contribution in [0.1, 0.15) is 18.4 Å². The van der Waals surface area contributed by atoms with E-state index in [1.54, 1.807) is 49.5 Å². The number of benzene rings is 3. The molecule has 1 amide bonds. The van der Waals surface area contributed by atoms with E-state index < -0.39 is 28.5 Å². The molecule has 1 unspecified atom stereocenters. The number of alkyl halides is 3. The number of nitrogens with zero attached hydrogens (tertiary/aromatic N) is 3. The van der Waals surface area contributed by atoms with Crippen LogP contribution in [-0.4, -0.2) is 48.0 Å². The number of nitrogens with one attached hydrogen (secondary N) is 2. The number of carbonyl (C=O) groups excluding carboxylic acids is 1. The molecular formula is C30H25F4N5O4S. The smallest absolute Gasteiger partial charge is 0.422 e. The standard InChI is InChI=1S/C30H25F4N5O4S/c1-18(19-3-8-22(31)9-4-19)28(40)35-23-10-5-20(6-11-23)21-7-14-27-37-29(38-39(27)16-21)36-25-13-12-24(44(2,41)42)15-26(25)43-17-30(32,33)34/h3-16,18H,17H2,1-2H3,(H,35,40)(H,36,38). The molecule has 0 aliphatic heterocycles. The van der Waals surface area contributed by atoms with Gasteiger partial charge in [0.1, 0.15) is 11.6 Å². The lowest BCUT2D eigenvalue weighted by molar-refractivity contribution is -0.153. The molecule has 0 spiro atoms. The predicted octanol–water partition coefficient (Wildman–Crippen LogP) is 6.37. The molecule has 0 aliphatic rings. The summed E-state index contributed by atoms with van der Waals surface area (Å²) in [7, 11) is -3.70. The van der Waals surface area contributed by atoms with E-state index in [1.807, 2.05) is 12.1 Å². The number of anilines is 3. The summed E-state index contributed by atoms with van der Waals surface area (Å²) >= 11 is 0. The molecule has 0 radical (unpaired) electrons. The van der Waals surface area contributed by atoms with Crippen LogP contribution in [0.15, 0.2) is 90.0 Å². The zero-order chi connectivity index (χ0) is 31.6. The number of fused-ring (bicyclic) bond motifs is 1. The van der Waals surface area contributed by atoms with Gasteiger partial charge in [-0.15, -0.1) is 5.10 Å². The number of hydrogen-bond acceptors (Lipinski definition) is 7. The van der Waals surface area contributed by atoms with Gasteiger partial charge in [-0.05, 0) is 66.6 Å². The van der Waals surface area contributed by atoms with Gasteiger partial charge in [0.15, 0.2) is 22.1 Å². The number of amides is 1. The van der Waals surface area contributed by atoms with Gasteiger partial charge in [0.2, 0.25) is 11.9 Å². The first-order valence-electron chi connectivity index (χ1n) is 13.1. The molecule has 0 aliphatic carbocycles. The molecule has 0 bridgehead atoms. The Morgan fingerprint density at radius 1 is 0.977 bits per heavy atom. The quantitative estimate of drug-likeness (QED) is 0.183. The first-order valence-corrected chi connectivity index (χ1v) is 15.0. The van der Waals surface area contributed by atoms with E-state index >= 15 is 0 Å². The molecule has 9 nitrogen and oxygen atoms in total. The number of sulfone groups is 1. The summed E-state index contributed by atoms with van der Waals surface area (Å²) in [5, 5.41) is 9.99. The van der Waals surface area contributed by atoms with Crippen molar-refractivity contribution in [2.24, 2.45) is 0 Å². The molecule has 2 heterocycles. The number of pyridine rings is 1. The highest BCUT2D eigenvalue weighted by atomic mass is 32.2. The number of hydrogen-bond donors (Lipinski definition) is 2. The molecule has 5 aromatic rings. The SMILES string of the molecule is CC(C(=O)Nc1ccc(-c2ccc3nc(Nc4ccc(S(C)(=O)=O)cc4OCC(F)(F)F)nn3c2)cc1)c1ccc(F)cc1. The minimum atomic E-state index is -4.64. The molecule has 0 saturated heterocycles. The zero-order valence-corrected chi connectivity index (χ0v) is 24.1. The fourth-order valence-corrected chi connectivity index (χ4v) is 4.88. The second-order valence-corrected chi connectivity index (χ2v) is 12.0. The summed E-state index contributed by atoms with van der Waals surface area (Å²) in [4.78, 5) is 16.8. The number of ether oxygens (including phenoxy) is 1. The predicted molar refractivity (Wildman–Crippen MR) is 156 cm³/mol. The van der Waals surface area contributed by atoms with Crippen LogP contribution < -0.4 is 15.4 Å². The van der Waals surface area contributed by atoms with Crippen LogP contribution in [0.3, 0.4) is 0 Å². The molecule has 5 rings (SSSR count). The van der Waals surface area contributed by atoms with Crippen molar-refractivity contribution < 1.29 is 35.5 Å². The highest BCUT2D eigenvalue weighted by Crippen LogP contribution is 2.32. The van der Waals surface area contributed by atoms with Crippen LogP contribution in [0.2, 0.25) is 0 Å². The molecule has 3 aromatic carbocycles. The second-order valence-electron chi connectivity index (χ2n) is 9.95. The molecule has 0 saturated carbocycles. The van der Waals surface area contributed by atoms with Gasteiger partial charge in [0, 0.05) is 29.8 Å². The topological polar surface area (TPSA) is 115 Å². The lowest BCUT2D eigenvalue weighted by Gasteiger charge is -2.14. The first-order chi connectivity index (χ1) is 20.7. The minimum absolute atomic E-state index is 0.0412. The van der Waals surface area contributed by atoms with E-state index in [0.717, 1.165) is 23.4 Å². The van der Waals surface area contributed by atoms with Crippen molar-refractivity contribution >= 4 is 38.7 Å². The Morgan fingerprint density at radius 2 is 1.66 bits per heavy atom. The molecule has 1 atom stereocenters. The second kappa shape index (κ2) is 12.0. The number of rotatable bonds is 9. The van der Waals surface area contributed by atoms with Crippen LogP contribution >= 0.6 is 0 Å². The maximum absolute atomic E-state index is 13.2. The lowest BCUT2D eigenvalue weighted by atomic mass is 10.00. The van der Waals surface area contributed by atoms with Crippen LogP contribution in [-0.2, 0) is 14.6 Å². The first kappa shape index (κ1) is 30.5. The number of halogens is 4. The van der Waals surface area contributed by atoms with Crippen molar-refractivity contribution in [1.29, 1.82) is 0 Å². The fourth-order valence-electron chi connectivity index (χ4n) is 4.24. The summed E-state index contributed by atoms with van der Waals surface area (Å²) in [6, 6.07) is 19.9. The Kier molecular flexibility index (Phi) is 8.28. The Balaban J connectivity index is 1.32. The van der Waals surface area contributed by atoms with E-state index in [1.165, 1.54) is 28.8 Å². The third-order valence-corrected chi connectivity index (χ3v) is 7.71. The molecule has 2 N–H and O–H groups in total. The highest BCUT2D eigenvalue weighted by molar-refractivity contribution is 7.90. The maximum Gasteiger partial charge on any atom is 0.422 e. The molecule has 2 aromatic heterocycles. The van der Waals surface area contributed by atoms with E-state index in [4.69, 9.17) is 4.74 Å². The average Bonchev–Trinajstić information content (AvgIpc) is 3.37. The summed E-state index contributed by atoms with van der Waals surface area (Å²) in [6.07, 6.45) is -2.00. The van der Waals surface area contributed by atoms with Gasteiger partial charge in [-0.25, -0.2) is 17.3 Å². The molecule has 14 heteroatoms. The van der Waals surface area contributed by atoms with E-state index in [9.17, 15) is 30.8 Å². The van der Waals surface area contributed by atoms with Crippen LogP contribution in [0.4, 0.5) is 34.9 Å². The van der Waals surface area contributed by atoms with Crippen molar-refractivity contribution in [2.75, 3.05) is 23.5 Å². The van der Waals surface area contributed by atoms with Crippen molar-refractivity contribution in [3.05, 3.63) is 96.4 Å². The summed E-state index contributed by atoms with van der Waals surface area (Å²) in [6.45, 7) is 0.112. The van der Waals surface area contributed by atoms with Gasteiger partial charge >= 0.3 is 6.18 Å². The largest absolute Gasteiger partial charge is 0.482 e. The van der Waals surface area contributed by atoms with Gasteiger partial charge in [-0.2, -0.15) is 18.2 Å². The van der Waals surface area contributed by atoms with Gasteiger partial charge in [-0.1, -0.05) is 24.3 Å².